The van der Waals surface area contributed by atoms with Crippen LogP contribution in [-0.4, -0.2) is 41.5 Å². The van der Waals surface area contributed by atoms with Gasteiger partial charge in [-0.25, -0.2) is 8.42 Å². The number of hydrogen-bond donors (Lipinski definition) is 1. The first kappa shape index (κ1) is 14.2. The summed E-state index contributed by atoms with van der Waals surface area (Å²) in [6, 6.07) is 9.06. The van der Waals surface area contributed by atoms with Gasteiger partial charge in [0.1, 0.15) is 0 Å². The fourth-order valence-electron chi connectivity index (χ4n) is 2.28. The number of nitrogens with zero attached hydrogens (tertiary/aromatic N) is 2. The molecule has 2 aromatic rings. The van der Waals surface area contributed by atoms with Crippen LogP contribution in [0.25, 0.3) is 10.4 Å². The lowest BCUT2D eigenvalue weighted by Crippen LogP contribution is -2.36. The van der Waals surface area contributed by atoms with Crippen LogP contribution in [0.1, 0.15) is 16.9 Å². The highest BCUT2D eigenvalue weighted by Crippen LogP contribution is 2.26. The van der Waals surface area contributed by atoms with Gasteiger partial charge in [-0.3, -0.25) is 4.79 Å². The highest BCUT2D eigenvalue weighted by molar-refractivity contribution is 7.91. The Bertz CT molecular complexity index is 756. The average molecular weight is 323 g/mol. The van der Waals surface area contributed by atoms with Gasteiger partial charge < -0.3 is 5.32 Å². The van der Waals surface area contributed by atoms with E-state index in [1.165, 1.54) is 0 Å². The Balaban J connectivity index is 1.79. The first-order valence-electron chi connectivity index (χ1n) is 6.44. The molecule has 1 aromatic carbocycles. The standard InChI is InChI=1S/C13H13N3O3S2/c17-13(14-10-6-7-21(18,19)8-10)11-12(20-16-15-11)9-4-2-1-3-5-9/h1-5,10H,6-8H2,(H,14,17). The van der Waals surface area contributed by atoms with Gasteiger partial charge in [-0.1, -0.05) is 34.8 Å². The second-order valence-electron chi connectivity index (χ2n) is 4.89. The number of carbonyl (C=O) groups is 1. The topological polar surface area (TPSA) is 89.0 Å². The van der Waals surface area contributed by atoms with E-state index in [4.69, 9.17) is 0 Å². The summed E-state index contributed by atoms with van der Waals surface area (Å²) >= 11 is 1.15. The molecular weight excluding hydrogens is 310 g/mol. The van der Waals surface area contributed by atoms with Crippen LogP contribution in [0.2, 0.25) is 0 Å². The molecule has 8 heteroatoms. The third-order valence-corrected chi connectivity index (χ3v) is 5.85. The first-order chi connectivity index (χ1) is 10.1. The molecule has 1 saturated heterocycles. The quantitative estimate of drug-likeness (QED) is 0.914. The summed E-state index contributed by atoms with van der Waals surface area (Å²) in [6.45, 7) is 0. The van der Waals surface area contributed by atoms with Crippen LogP contribution in [0.4, 0.5) is 0 Å². The minimum absolute atomic E-state index is 0.00300. The zero-order valence-corrected chi connectivity index (χ0v) is 12.7. The van der Waals surface area contributed by atoms with Crippen molar-refractivity contribution in [1.82, 2.24) is 14.9 Å². The van der Waals surface area contributed by atoms with Gasteiger partial charge in [0.15, 0.2) is 15.5 Å². The molecule has 0 spiro atoms. The molecule has 1 atom stereocenters. The SMILES string of the molecule is O=C(NC1CCS(=O)(=O)C1)c1nnsc1-c1ccccc1. The van der Waals surface area contributed by atoms with Crippen LogP contribution in [0.3, 0.4) is 0 Å². The predicted molar refractivity (Wildman–Crippen MR) is 79.9 cm³/mol. The van der Waals surface area contributed by atoms with Crippen molar-refractivity contribution in [2.24, 2.45) is 0 Å². The van der Waals surface area contributed by atoms with Gasteiger partial charge in [0, 0.05) is 6.04 Å². The Hall–Kier alpha value is -1.80. The fourth-order valence-corrected chi connectivity index (χ4v) is 4.62. The van der Waals surface area contributed by atoms with Crippen LogP contribution >= 0.6 is 11.5 Å². The Kier molecular flexibility index (Phi) is 3.73. The van der Waals surface area contributed by atoms with Crippen molar-refractivity contribution in [1.29, 1.82) is 0 Å². The Labute approximate surface area is 126 Å². The van der Waals surface area contributed by atoms with Crippen LogP contribution in [0, 0.1) is 0 Å². The molecule has 0 bridgehead atoms. The van der Waals surface area contributed by atoms with E-state index >= 15 is 0 Å². The van der Waals surface area contributed by atoms with Crippen LogP contribution in [0.15, 0.2) is 30.3 Å². The maximum absolute atomic E-state index is 12.3. The van der Waals surface area contributed by atoms with Gasteiger partial charge in [0.25, 0.3) is 5.91 Å². The summed E-state index contributed by atoms with van der Waals surface area (Å²) in [4.78, 5) is 13.0. The maximum atomic E-state index is 12.3. The number of amides is 1. The van der Waals surface area contributed by atoms with Crippen molar-refractivity contribution < 1.29 is 13.2 Å². The van der Waals surface area contributed by atoms with E-state index in [1.54, 1.807) is 0 Å². The number of nitrogens with one attached hydrogen (secondary N) is 1. The second kappa shape index (κ2) is 5.53. The predicted octanol–water partition coefficient (Wildman–Crippen LogP) is 1.12. The number of benzene rings is 1. The van der Waals surface area contributed by atoms with E-state index in [-0.39, 0.29) is 29.1 Å². The Morgan fingerprint density at radius 2 is 2.05 bits per heavy atom. The molecule has 2 heterocycles. The largest absolute Gasteiger partial charge is 0.347 e. The summed E-state index contributed by atoms with van der Waals surface area (Å²) in [7, 11) is -3.02. The van der Waals surface area contributed by atoms with E-state index in [0.29, 0.717) is 11.3 Å². The first-order valence-corrected chi connectivity index (χ1v) is 9.04. The van der Waals surface area contributed by atoms with Crippen molar-refractivity contribution in [3.8, 4) is 10.4 Å². The molecule has 110 valence electrons. The van der Waals surface area contributed by atoms with Crippen LogP contribution in [-0.2, 0) is 9.84 Å². The minimum Gasteiger partial charge on any atom is -0.347 e. The van der Waals surface area contributed by atoms with E-state index in [9.17, 15) is 13.2 Å². The maximum Gasteiger partial charge on any atom is 0.273 e. The monoisotopic (exact) mass is 323 g/mol. The van der Waals surface area contributed by atoms with E-state index < -0.39 is 9.84 Å². The Morgan fingerprint density at radius 1 is 1.29 bits per heavy atom. The number of aromatic nitrogens is 2. The van der Waals surface area contributed by atoms with Gasteiger partial charge in [-0.05, 0) is 23.5 Å². The molecule has 1 unspecified atom stereocenters. The van der Waals surface area contributed by atoms with E-state index in [1.807, 2.05) is 30.3 Å². The number of hydrogen-bond acceptors (Lipinski definition) is 6. The van der Waals surface area contributed by atoms with Crippen molar-refractivity contribution in [2.75, 3.05) is 11.5 Å². The molecule has 1 N–H and O–H groups in total. The third-order valence-electron chi connectivity index (χ3n) is 3.31. The lowest BCUT2D eigenvalue weighted by Gasteiger charge is -2.09. The molecule has 1 aromatic heterocycles. The lowest BCUT2D eigenvalue weighted by molar-refractivity contribution is 0.0936. The van der Waals surface area contributed by atoms with E-state index in [0.717, 1.165) is 17.1 Å². The van der Waals surface area contributed by atoms with Crippen molar-refractivity contribution in [3.05, 3.63) is 36.0 Å². The van der Waals surface area contributed by atoms with Crippen LogP contribution in [0.5, 0.6) is 0 Å². The molecular formula is C13H13N3O3S2. The van der Waals surface area contributed by atoms with Gasteiger partial charge in [0.2, 0.25) is 0 Å². The normalized spacial score (nSPS) is 20.3. The Morgan fingerprint density at radius 3 is 2.71 bits per heavy atom. The molecule has 1 amide bonds. The molecule has 3 rings (SSSR count). The average Bonchev–Trinajstić information content (AvgIpc) is 3.06. The molecule has 21 heavy (non-hydrogen) atoms. The van der Waals surface area contributed by atoms with Gasteiger partial charge in [-0.2, -0.15) is 0 Å². The van der Waals surface area contributed by atoms with Crippen molar-refractivity contribution in [3.63, 3.8) is 0 Å². The number of rotatable bonds is 3. The van der Waals surface area contributed by atoms with Crippen LogP contribution < -0.4 is 5.32 Å². The highest BCUT2D eigenvalue weighted by Gasteiger charge is 2.30. The van der Waals surface area contributed by atoms with Gasteiger partial charge in [-0.15, -0.1) is 5.10 Å². The number of sulfone groups is 1. The zero-order valence-electron chi connectivity index (χ0n) is 11.0. The summed E-state index contributed by atoms with van der Waals surface area (Å²) in [5, 5.41) is 6.61. The molecule has 0 saturated carbocycles. The van der Waals surface area contributed by atoms with E-state index in [2.05, 4.69) is 14.9 Å². The molecule has 1 fully saturated rings. The second-order valence-corrected chi connectivity index (χ2v) is 7.87. The molecule has 0 radical (unpaired) electrons. The summed E-state index contributed by atoms with van der Waals surface area (Å²) in [5.74, 6) is -0.250. The third kappa shape index (κ3) is 3.11. The minimum atomic E-state index is -3.02. The van der Waals surface area contributed by atoms with Crippen molar-refractivity contribution >= 4 is 27.3 Å². The summed E-state index contributed by atoms with van der Waals surface area (Å²) < 4.78 is 26.7. The summed E-state index contributed by atoms with van der Waals surface area (Å²) in [6.07, 6.45) is 0.451. The summed E-state index contributed by atoms with van der Waals surface area (Å²) in [5.41, 5.74) is 1.12. The lowest BCUT2D eigenvalue weighted by atomic mass is 10.1. The fraction of sp³-hybridized carbons (Fsp3) is 0.308. The van der Waals surface area contributed by atoms with Gasteiger partial charge in [0.05, 0.1) is 16.4 Å². The highest BCUT2D eigenvalue weighted by atomic mass is 32.2. The molecule has 1 aliphatic rings. The molecule has 1 aliphatic heterocycles. The van der Waals surface area contributed by atoms with Gasteiger partial charge >= 0.3 is 0 Å². The van der Waals surface area contributed by atoms with Crippen molar-refractivity contribution in [2.45, 2.75) is 12.5 Å². The number of carbonyl (C=O) groups excluding carboxylic acids is 1. The smallest absolute Gasteiger partial charge is 0.273 e. The zero-order chi connectivity index (χ0) is 14.9. The molecule has 0 aliphatic carbocycles. The molecule has 6 nitrogen and oxygen atoms in total.